The second kappa shape index (κ2) is 6.21. The molecule has 1 heterocycles. The average molecular weight is 228 g/mol. The van der Waals surface area contributed by atoms with E-state index in [1.54, 1.807) is 7.11 Å². The summed E-state index contributed by atoms with van der Waals surface area (Å²) in [4.78, 5) is 11.6. The number of ether oxygens (including phenoxy) is 1. The number of hydrogen-bond donors (Lipinski definition) is 2. The normalized spacial score (nSPS) is 21.1. The van der Waals surface area contributed by atoms with Gasteiger partial charge in [0.1, 0.15) is 0 Å². The van der Waals surface area contributed by atoms with Crippen molar-refractivity contribution in [3.63, 3.8) is 0 Å². The topological polar surface area (TPSA) is 50.4 Å². The zero-order chi connectivity index (χ0) is 12.0. The highest BCUT2D eigenvalue weighted by molar-refractivity contribution is 5.75. The minimum atomic E-state index is -0.273. The Hall–Kier alpha value is -0.610. The highest BCUT2D eigenvalue weighted by Gasteiger charge is 2.19. The van der Waals surface area contributed by atoms with Gasteiger partial charge in [0.25, 0.3) is 0 Å². The summed E-state index contributed by atoms with van der Waals surface area (Å²) in [7, 11) is 1.66. The second-order valence-corrected chi connectivity index (χ2v) is 5.14. The van der Waals surface area contributed by atoms with Crippen LogP contribution in [0.5, 0.6) is 0 Å². The van der Waals surface area contributed by atoms with Crippen molar-refractivity contribution in [1.82, 2.24) is 10.6 Å². The molecule has 4 heteroatoms. The average Bonchev–Trinajstić information content (AvgIpc) is 2.76. The number of hydrogen-bond acceptors (Lipinski definition) is 3. The third-order valence-electron chi connectivity index (χ3n) is 3.21. The Morgan fingerprint density at radius 2 is 2.31 bits per heavy atom. The fourth-order valence-electron chi connectivity index (χ4n) is 1.77. The lowest BCUT2D eigenvalue weighted by molar-refractivity contribution is -0.122. The molecule has 1 aliphatic rings. The molecule has 4 nitrogen and oxygen atoms in total. The van der Waals surface area contributed by atoms with Crippen molar-refractivity contribution in [3.8, 4) is 0 Å². The minimum absolute atomic E-state index is 0.136. The summed E-state index contributed by atoms with van der Waals surface area (Å²) < 4.78 is 5.24. The fraction of sp³-hybridized carbons (Fsp3) is 0.917. The van der Waals surface area contributed by atoms with E-state index in [9.17, 15) is 4.79 Å². The van der Waals surface area contributed by atoms with E-state index >= 15 is 0 Å². The molecule has 16 heavy (non-hydrogen) atoms. The molecule has 1 unspecified atom stereocenters. The van der Waals surface area contributed by atoms with Crippen LogP contribution in [0.15, 0.2) is 0 Å². The van der Waals surface area contributed by atoms with Crippen LogP contribution in [0.25, 0.3) is 0 Å². The molecular weight excluding hydrogens is 204 g/mol. The van der Waals surface area contributed by atoms with Crippen molar-refractivity contribution in [2.45, 2.75) is 38.7 Å². The Morgan fingerprint density at radius 1 is 1.56 bits per heavy atom. The Labute approximate surface area is 98.1 Å². The number of nitrogens with one attached hydrogen (secondary N) is 2. The molecule has 0 aromatic heterocycles. The second-order valence-electron chi connectivity index (χ2n) is 5.14. The van der Waals surface area contributed by atoms with Crippen LogP contribution in [-0.2, 0) is 9.53 Å². The molecule has 0 aromatic rings. The SMILES string of the molecule is COC(C)(C)CNC(=O)CCC1CCNC1. The van der Waals surface area contributed by atoms with E-state index in [2.05, 4.69) is 10.6 Å². The molecule has 0 bridgehead atoms. The van der Waals surface area contributed by atoms with Crippen LogP contribution in [0.1, 0.15) is 33.1 Å². The standard InChI is InChI=1S/C12H24N2O2/c1-12(2,16-3)9-14-11(15)5-4-10-6-7-13-8-10/h10,13H,4-9H2,1-3H3,(H,14,15). The van der Waals surface area contributed by atoms with Gasteiger partial charge in [0.05, 0.1) is 5.60 Å². The van der Waals surface area contributed by atoms with Crippen molar-refractivity contribution >= 4 is 5.91 Å². The van der Waals surface area contributed by atoms with Gasteiger partial charge in [-0.1, -0.05) is 0 Å². The van der Waals surface area contributed by atoms with Crippen molar-refractivity contribution in [3.05, 3.63) is 0 Å². The maximum Gasteiger partial charge on any atom is 0.220 e. The molecule has 1 rings (SSSR count). The molecule has 0 spiro atoms. The molecule has 94 valence electrons. The third-order valence-corrected chi connectivity index (χ3v) is 3.21. The molecule has 1 atom stereocenters. The summed E-state index contributed by atoms with van der Waals surface area (Å²) >= 11 is 0. The van der Waals surface area contributed by atoms with Crippen LogP contribution < -0.4 is 10.6 Å². The summed E-state index contributed by atoms with van der Waals surface area (Å²) in [5.41, 5.74) is -0.273. The zero-order valence-electron chi connectivity index (χ0n) is 10.6. The molecule has 0 aromatic carbocycles. The van der Waals surface area contributed by atoms with Gasteiger partial charge in [-0.2, -0.15) is 0 Å². The Morgan fingerprint density at radius 3 is 2.88 bits per heavy atom. The first-order chi connectivity index (χ1) is 7.53. The van der Waals surface area contributed by atoms with Gasteiger partial charge in [-0.3, -0.25) is 4.79 Å². The van der Waals surface area contributed by atoms with E-state index in [-0.39, 0.29) is 11.5 Å². The lowest BCUT2D eigenvalue weighted by Crippen LogP contribution is -2.39. The highest BCUT2D eigenvalue weighted by Crippen LogP contribution is 2.14. The van der Waals surface area contributed by atoms with E-state index in [4.69, 9.17) is 4.74 Å². The molecule has 0 aliphatic carbocycles. The number of carbonyl (C=O) groups excluding carboxylic acids is 1. The lowest BCUT2D eigenvalue weighted by Gasteiger charge is -2.23. The number of rotatable bonds is 6. The molecular formula is C12H24N2O2. The van der Waals surface area contributed by atoms with Gasteiger partial charge in [0.15, 0.2) is 0 Å². The molecule has 1 amide bonds. The first-order valence-corrected chi connectivity index (χ1v) is 6.06. The molecule has 2 N–H and O–H groups in total. The van der Waals surface area contributed by atoms with Gasteiger partial charge in [-0.25, -0.2) is 0 Å². The monoisotopic (exact) mass is 228 g/mol. The summed E-state index contributed by atoms with van der Waals surface area (Å²) in [6, 6.07) is 0. The van der Waals surface area contributed by atoms with Gasteiger partial charge in [0.2, 0.25) is 5.91 Å². The first kappa shape index (κ1) is 13.5. The van der Waals surface area contributed by atoms with Crippen LogP contribution in [0, 0.1) is 5.92 Å². The van der Waals surface area contributed by atoms with Crippen molar-refractivity contribution in [1.29, 1.82) is 0 Å². The number of amides is 1. The number of carbonyl (C=O) groups is 1. The zero-order valence-corrected chi connectivity index (χ0v) is 10.6. The quantitative estimate of drug-likeness (QED) is 0.710. The van der Waals surface area contributed by atoms with Crippen LogP contribution in [0.3, 0.4) is 0 Å². The van der Waals surface area contributed by atoms with Crippen LogP contribution >= 0.6 is 0 Å². The summed E-state index contributed by atoms with van der Waals surface area (Å²) in [6.45, 7) is 6.67. The maximum atomic E-state index is 11.6. The van der Waals surface area contributed by atoms with E-state index in [1.165, 1.54) is 6.42 Å². The maximum absolute atomic E-state index is 11.6. The molecule has 1 saturated heterocycles. The van der Waals surface area contributed by atoms with Crippen molar-refractivity contribution in [2.24, 2.45) is 5.92 Å². The molecule has 0 radical (unpaired) electrons. The Kier molecular flexibility index (Phi) is 5.22. The largest absolute Gasteiger partial charge is 0.377 e. The predicted molar refractivity (Wildman–Crippen MR) is 64.3 cm³/mol. The summed E-state index contributed by atoms with van der Waals surface area (Å²) in [6.07, 6.45) is 2.83. The Bertz CT molecular complexity index is 223. The van der Waals surface area contributed by atoms with E-state index in [0.717, 1.165) is 19.5 Å². The fourth-order valence-corrected chi connectivity index (χ4v) is 1.77. The first-order valence-electron chi connectivity index (χ1n) is 6.06. The lowest BCUT2D eigenvalue weighted by atomic mass is 10.0. The summed E-state index contributed by atoms with van der Waals surface area (Å²) in [5, 5.41) is 6.22. The van der Waals surface area contributed by atoms with Crippen LogP contribution in [0.2, 0.25) is 0 Å². The highest BCUT2D eigenvalue weighted by atomic mass is 16.5. The van der Waals surface area contributed by atoms with Gasteiger partial charge in [-0.05, 0) is 45.7 Å². The molecule has 0 saturated carbocycles. The van der Waals surface area contributed by atoms with Gasteiger partial charge < -0.3 is 15.4 Å². The van der Waals surface area contributed by atoms with Crippen LogP contribution in [0.4, 0.5) is 0 Å². The van der Waals surface area contributed by atoms with Gasteiger partial charge in [0, 0.05) is 20.1 Å². The summed E-state index contributed by atoms with van der Waals surface area (Å²) in [5.74, 6) is 0.818. The minimum Gasteiger partial charge on any atom is -0.377 e. The van der Waals surface area contributed by atoms with Crippen molar-refractivity contribution in [2.75, 3.05) is 26.7 Å². The van der Waals surface area contributed by atoms with E-state index in [1.807, 2.05) is 13.8 Å². The smallest absolute Gasteiger partial charge is 0.220 e. The molecule has 1 fully saturated rings. The Balaban J connectivity index is 2.10. The predicted octanol–water partition coefficient (Wildman–Crippen LogP) is 0.917. The van der Waals surface area contributed by atoms with Gasteiger partial charge in [-0.15, -0.1) is 0 Å². The third kappa shape index (κ3) is 4.94. The van der Waals surface area contributed by atoms with Crippen LogP contribution in [-0.4, -0.2) is 38.3 Å². The van der Waals surface area contributed by atoms with Gasteiger partial charge >= 0.3 is 0 Å². The molecule has 1 aliphatic heterocycles. The van der Waals surface area contributed by atoms with E-state index in [0.29, 0.717) is 18.9 Å². The van der Waals surface area contributed by atoms with Crippen molar-refractivity contribution < 1.29 is 9.53 Å². The van der Waals surface area contributed by atoms with E-state index < -0.39 is 0 Å². The number of methoxy groups -OCH3 is 1.